The molecule has 0 bridgehead atoms. The first-order valence-electron chi connectivity index (χ1n) is 4.39. The molecule has 1 saturated carbocycles. The molecule has 1 fully saturated rings. The van der Waals surface area contributed by atoms with Crippen molar-refractivity contribution in [2.24, 2.45) is 0 Å². The highest BCUT2D eigenvalue weighted by Gasteiger charge is 2.44. The normalized spacial score (nSPS) is 15.0. The molecule has 0 amide bonds. The van der Waals surface area contributed by atoms with Crippen LogP contribution in [-0.4, -0.2) is 0 Å². The third-order valence-corrected chi connectivity index (χ3v) is 2.19. The van der Waals surface area contributed by atoms with E-state index in [2.05, 4.69) is 0 Å². The largest absolute Gasteiger partial charge is 0.279 e. The van der Waals surface area contributed by atoms with Crippen molar-refractivity contribution in [1.29, 1.82) is 0 Å². The van der Waals surface area contributed by atoms with Crippen LogP contribution in [0.3, 0.4) is 0 Å². The molecule has 0 saturated heterocycles. The van der Waals surface area contributed by atoms with E-state index in [1.54, 1.807) is 0 Å². The molecule has 1 rings (SSSR count). The van der Waals surface area contributed by atoms with Crippen LogP contribution in [0.25, 0.3) is 0 Å². The van der Waals surface area contributed by atoms with Crippen molar-refractivity contribution >= 4 is 0 Å². The monoisotopic (exact) mass is 310 g/mol. The fourth-order valence-corrected chi connectivity index (χ4v) is 1.57. The number of allylic oxidation sites excluding steroid dienone is 5. The van der Waals surface area contributed by atoms with Crippen LogP contribution < -0.4 is 0 Å². The number of rotatable bonds is 0. The highest BCUT2D eigenvalue weighted by Crippen LogP contribution is 2.52. The molecule has 0 heterocycles. The van der Waals surface area contributed by atoms with Gasteiger partial charge in [-0.2, -0.15) is 43.9 Å². The summed E-state index contributed by atoms with van der Waals surface area (Å²) in [6.45, 7) is 0. The first-order valence-corrected chi connectivity index (χ1v) is 4.39. The third kappa shape index (κ3) is 2.49. The molecule has 0 aromatic heterocycles. The predicted molar refractivity (Wildman–Crippen MR) is 46.2 cm³/mol. The number of hydrogen-bond acceptors (Lipinski definition) is 0. The quantitative estimate of drug-likeness (QED) is 0.499. The van der Waals surface area contributed by atoms with E-state index < -0.39 is 58.3 Å². The smallest absolute Gasteiger partial charge is 0.173 e. The van der Waals surface area contributed by atoms with Gasteiger partial charge >= 0.3 is 0 Å². The molecule has 0 unspecified atom stereocenters. The van der Waals surface area contributed by atoms with Gasteiger partial charge in [-0.1, -0.05) is 0 Å². The lowest BCUT2D eigenvalue weighted by Gasteiger charge is -1.98. The third-order valence-electron chi connectivity index (χ3n) is 2.19. The minimum Gasteiger partial charge on any atom is -0.173 e. The van der Waals surface area contributed by atoms with Gasteiger partial charge in [0.25, 0.3) is 30.4 Å². The van der Waals surface area contributed by atoms with Gasteiger partial charge in [-0.3, -0.25) is 0 Å². The number of halogens is 10. The Morgan fingerprint density at radius 2 is 0.400 bits per heavy atom. The van der Waals surface area contributed by atoms with Crippen molar-refractivity contribution in [3.8, 4) is 0 Å². The fourth-order valence-electron chi connectivity index (χ4n) is 1.57. The average Bonchev–Trinajstić information content (AvgIpc) is 2.64. The predicted octanol–water partition coefficient (Wildman–Crippen LogP) is 5.75. The van der Waals surface area contributed by atoms with Gasteiger partial charge in [-0.05, 0) is 0 Å². The van der Waals surface area contributed by atoms with E-state index in [1.165, 1.54) is 0 Å². The number of hydrogen-bond donors (Lipinski definition) is 0. The molecule has 20 heavy (non-hydrogen) atoms. The van der Waals surface area contributed by atoms with Gasteiger partial charge in [0.2, 0.25) is 0 Å². The van der Waals surface area contributed by atoms with Crippen LogP contribution in [0.15, 0.2) is 58.3 Å². The lowest BCUT2D eigenvalue weighted by Crippen LogP contribution is -1.89. The van der Waals surface area contributed by atoms with Crippen LogP contribution in [0.1, 0.15) is 0 Å². The molecular weight excluding hydrogens is 310 g/mol. The van der Waals surface area contributed by atoms with Crippen molar-refractivity contribution in [3.05, 3.63) is 58.3 Å². The second-order valence-electron chi connectivity index (χ2n) is 3.18. The second-order valence-corrected chi connectivity index (χ2v) is 3.18. The Labute approximate surface area is 103 Å². The maximum atomic E-state index is 12.4. The fraction of sp³-hybridized carbons (Fsp3) is 0. The molecule has 1 aliphatic rings. The molecule has 0 aromatic carbocycles. The van der Waals surface area contributed by atoms with Gasteiger partial charge in [0.05, 0.1) is 27.9 Å². The van der Waals surface area contributed by atoms with E-state index in [1.807, 2.05) is 0 Å². The van der Waals surface area contributed by atoms with Gasteiger partial charge in [-0.15, -0.1) is 0 Å². The van der Waals surface area contributed by atoms with Crippen molar-refractivity contribution in [1.82, 2.24) is 0 Å². The van der Waals surface area contributed by atoms with E-state index in [0.29, 0.717) is 0 Å². The van der Waals surface area contributed by atoms with Crippen LogP contribution in [-0.2, 0) is 0 Å². The molecule has 0 N–H and O–H groups in total. The summed E-state index contributed by atoms with van der Waals surface area (Å²) in [5.74, 6) is 0. The molecule has 110 valence electrons. The molecule has 0 nitrogen and oxygen atoms in total. The molecule has 0 radical (unpaired) electrons. The van der Waals surface area contributed by atoms with Gasteiger partial charge in [0.1, 0.15) is 0 Å². The summed E-state index contributed by atoms with van der Waals surface area (Å²) in [6, 6.07) is 0. The first-order chi connectivity index (χ1) is 9.11. The van der Waals surface area contributed by atoms with E-state index in [-0.39, 0.29) is 0 Å². The van der Waals surface area contributed by atoms with Gasteiger partial charge < -0.3 is 0 Å². The Morgan fingerprint density at radius 1 is 0.300 bits per heavy atom. The lowest BCUT2D eigenvalue weighted by molar-refractivity contribution is 0.391. The highest BCUT2D eigenvalue weighted by molar-refractivity contribution is 5.79. The zero-order valence-electron chi connectivity index (χ0n) is 8.78. The molecule has 0 spiro atoms. The summed E-state index contributed by atoms with van der Waals surface area (Å²) in [6.07, 6.45) is -16.1. The Balaban J connectivity index is 4.08. The topological polar surface area (TPSA) is 0 Å². The average molecular weight is 310 g/mol. The summed E-state index contributed by atoms with van der Waals surface area (Å²) in [7, 11) is 0. The van der Waals surface area contributed by atoms with E-state index in [0.717, 1.165) is 0 Å². The Hall–Kier alpha value is -2.00. The summed E-state index contributed by atoms with van der Waals surface area (Å²) in [5, 5.41) is 0. The summed E-state index contributed by atoms with van der Waals surface area (Å²) >= 11 is 0. The maximum absolute atomic E-state index is 12.4. The Morgan fingerprint density at radius 3 is 0.450 bits per heavy atom. The minimum atomic E-state index is -3.22. The van der Waals surface area contributed by atoms with E-state index >= 15 is 0 Å². The molecule has 0 aliphatic heterocycles. The van der Waals surface area contributed by atoms with Gasteiger partial charge in [0, 0.05) is 0 Å². The van der Waals surface area contributed by atoms with Crippen LogP contribution in [0.4, 0.5) is 43.9 Å². The Bertz CT molecular complexity index is 448. The maximum Gasteiger partial charge on any atom is 0.279 e. The highest BCUT2D eigenvalue weighted by atomic mass is 19.3. The van der Waals surface area contributed by atoms with Crippen molar-refractivity contribution in [2.45, 2.75) is 0 Å². The zero-order valence-corrected chi connectivity index (χ0v) is 8.78. The van der Waals surface area contributed by atoms with Crippen LogP contribution in [0, 0.1) is 0 Å². The van der Waals surface area contributed by atoms with E-state index in [4.69, 9.17) is 0 Å². The first kappa shape index (κ1) is 16.1. The summed E-state index contributed by atoms with van der Waals surface area (Å²) in [4.78, 5) is 0. The van der Waals surface area contributed by atoms with Gasteiger partial charge in [-0.25, -0.2) is 0 Å². The van der Waals surface area contributed by atoms with Crippen molar-refractivity contribution in [3.63, 3.8) is 0 Å². The molecule has 0 aromatic rings. The van der Waals surface area contributed by atoms with Gasteiger partial charge in [0.15, 0.2) is 0 Å². The second kappa shape index (κ2) is 5.55. The van der Waals surface area contributed by atoms with Crippen LogP contribution in [0.5, 0.6) is 0 Å². The molecule has 1 aliphatic carbocycles. The summed E-state index contributed by atoms with van der Waals surface area (Å²) < 4.78 is 124. The SMILES string of the molecule is FC(F)=C1C(=C(F)F)C(=C(F)F)C(=C(F)F)C1=C(F)F. The van der Waals surface area contributed by atoms with E-state index in [9.17, 15) is 43.9 Å². The molecular formula is C10F10. The Kier molecular flexibility index (Phi) is 4.46. The zero-order chi connectivity index (χ0) is 15.8. The molecule has 10 heteroatoms. The summed E-state index contributed by atoms with van der Waals surface area (Å²) in [5.41, 5.74) is -11.7. The standard InChI is InChI=1S/C10F10/c11-6(12)1-2(7(13)14)4(9(17)18)5(10(19)20)3(1)8(15)16. The minimum absolute atomic E-state index is 2.34. The van der Waals surface area contributed by atoms with Crippen LogP contribution >= 0.6 is 0 Å². The van der Waals surface area contributed by atoms with Crippen LogP contribution in [0.2, 0.25) is 0 Å². The molecule has 0 atom stereocenters. The van der Waals surface area contributed by atoms with Crippen molar-refractivity contribution < 1.29 is 43.9 Å². The lowest BCUT2D eigenvalue weighted by atomic mass is 10.1. The van der Waals surface area contributed by atoms with Crippen molar-refractivity contribution in [2.75, 3.05) is 0 Å².